The largest absolute Gasteiger partial charge is 0.481 e. The number of carboxylic acids is 2. The van der Waals surface area contributed by atoms with E-state index < -0.39 is 82.3 Å². The molecule has 10 aromatic rings. The van der Waals surface area contributed by atoms with Crippen LogP contribution in [0.4, 0.5) is 14.4 Å². The van der Waals surface area contributed by atoms with E-state index in [0.29, 0.717) is 41.1 Å². The number of halogens is 3. The van der Waals surface area contributed by atoms with Crippen molar-refractivity contribution in [3.63, 3.8) is 0 Å². The van der Waals surface area contributed by atoms with Crippen molar-refractivity contribution in [2.75, 3.05) is 75.1 Å². The number of hydrogen-bond acceptors (Lipinski definition) is 17. The zero-order chi connectivity index (χ0) is 108. The van der Waals surface area contributed by atoms with Crippen LogP contribution in [-0.4, -0.2) is 219 Å². The molecule has 0 fully saturated rings. The second-order valence-electron chi connectivity index (χ2n) is 42.9. The minimum absolute atomic E-state index is 0. The van der Waals surface area contributed by atoms with Crippen LogP contribution < -0.4 is 5.32 Å². The molecule has 150 heavy (non-hydrogen) atoms. The summed E-state index contributed by atoms with van der Waals surface area (Å²) in [4.78, 5) is 135. The predicted octanol–water partition coefficient (Wildman–Crippen LogP) is 24.2. The lowest BCUT2D eigenvalue weighted by Crippen LogP contribution is -2.49. The molecule has 24 nitrogen and oxygen atoms in total. The summed E-state index contributed by atoms with van der Waals surface area (Å²) < 4.78 is 33.2. The Morgan fingerprint density at radius 3 is 0.940 bits per heavy atom. The number of rotatable bonds is 31. The van der Waals surface area contributed by atoms with Crippen molar-refractivity contribution in [3.05, 3.63) is 330 Å². The van der Waals surface area contributed by atoms with Gasteiger partial charge in [-0.15, -0.1) is 0 Å². The first-order valence-corrected chi connectivity index (χ1v) is 52.0. The number of carboxylic acid groups (broad SMARTS) is 2. The Hall–Kier alpha value is -12.8. The number of hydrogen-bond donors (Lipinski definition) is 3. The van der Waals surface area contributed by atoms with Gasteiger partial charge in [0.2, 0.25) is 11.8 Å². The molecule has 0 saturated heterocycles. The Labute approximate surface area is 903 Å². The number of likely N-dealkylation sites (N-methyl/N-ethyl adjacent to an activating group) is 6. The van der Waals surface area contributed by atoms with E-state index in [1.54, 1.807) is 92.6 Å². The number of aliphatic carboxylic acids is 2. The molecule has 0 aliphatic heterocycles. The lowest BCUT2D eigenvalue weighted by Gasteiger charge is -2.35. The van der Waals surface area contributed by atoms with Crippen molar-refractivity contribution in [2.24, 2.45) is 17.8 Å². The first-order chi connectivity index (χ1) is 70.0. The zero-order valence-corrected chi connectivity index (χ0v) is 91.6. The Kier molecular flexibility index (Phi) is 44.1. The summed E-state index contributed by atoms with van der Waals surface area (Å²) >= 11 is 18.1. The molecule has 9 atom stereocenters. The third kappa shape index (κ3) is 34.4. The minimum Gasteiger partial charge on any atom is -0.481 e. The lowest BCUT2D eigenvalue weighted by molar-refractivity contribution is -0.160. The van der Waals surface area contributed by atoms with Crippen LogP contribution in [0.2, 0.25) is 15.1 Å². The number of ether oxygens (including phenoxy) is 6. The molecule has 3 radical (unpaired) electrons. The number of carbonyl (C=O) groups is 10. The maximum absolute atomic E-state index is 14.2. The number of amides is 5. The molecule has 15 rings (SSSR count). The fourth-order valence-corrected chi connectivity index (χ4v) is 20.7. The van der Waals surface area contributed by atoms with Crippen molar-refractivity contribution < 1.29 is 86.6 Å². The Bertz CT molecular complexity index is 6140. The SMILES string of the molecule is C.CC(=O)OCC1c2ccccc2-c2ccccc21.CC(C)(C)OC(=O)C[C@H](C(=O)O)[C@H]1CCc2ccccc21.CN(C[C@@H](Cc1ccc(Cl)cc1)N(C)C(=O)OC(C)(C)C)C(=O)[C@@H](CC(=O)OC(C)(C)C)[C@H]1CCc2ccccc21.CN(C[C@@H](Cc1ccc(Cl)cc1)N(C)C(=O)OCC1c2ccccc2-c2ccccc21)C(=O)[C@@H](CC(=O)O)[C@H]1CCc2ccccc21.CNC[C@@H](Cc1ccc(Cl)cc1)N(C)C(=O)OC(C)(C)C.[B]. The van der Waals surface area contributed by atoms with Gasteiger partial charge in [0.25, 0.3) is 0 Å². The van der Waals surface area contributed by atoms with E-state index >= 15 is 0 Å². The molecule has 0 aromatic heterocycles. The van der Waals surface area contributed by atoms with E-state index in [0.717, 1.165) is 101 Å². The van der Waals surface area contributed by atoms with Crippen LogP contribution in [-0.2, 0) is 101 Å². The van der Waals surface area contributed by atoms with Crippen LogP contribution in [0.5, 0.6) is 0 Å². The molecule has 0 bridgehead atoms. The molecule has 3 N–H and O–H groups in total. The second kappa shape index (κ2) is 54.8. The molecule has 799 valence electrons. The summed E-state index contributed by atoms with van der Waals surface area (Å²) in [5.41, 5.74) is 17.0. The second-order valence-corrected chi connectivity index (χ2v) is 44.3. The zero-order valence-electron chi connectivity index (χ0n) is 89.3. The van der Waals surface area contributed by atoms with E-state index in [2.05, 4.69) is 66.0 Å². The number of esters is 3. The van der Waals surface area contributed by atoms with Crippen molar-refractivity contribution in [1.82, 2.24) is 29.8 Å². The van der Waals surface area contributed by atoms with Gasteiger partial charge >= 0.3 is 48.1 Å². The van der Waals surface area contributed by atoms with E-state index in [9.17, 15) is 58.2 Å². The molecule has 5 aliphatic carbocycles. The highest BCUT2D eigenvalue weighted by Gasteiger charge is 2.44. The van der Waals surface area contributed by atoms with Gasteiger partial charge in [-0.25, -0.2) is 14.4 Å². The Morgan fingerprint density at radius 2 is 0.633 bits per heavy atom. The van der Waals surface area contributed by atoms with Crippen molar-refractivity contribution in [1.29, 1.82) is 0 Å². The van der Waals surface area contributed by atoms with Gasteiger partial charge in [0, 0.05) is 97.1 Å². The van der Waals surface area contributed by atoms with Gasteiger partial charge < -0.3 is 68.5 Å². The fraction of sp³-hybridized carbons (Fsp3) is 0.426. The van der Waals surface area contributed by atoms with E-state index in [1.165, 1.54) is 45.9 Å². The molecule has 10 aromatic carbocycles. The molecular formula is C122H149BCl3N6O18. The van der Waals surface area contributed by atoms with Gasteiger partial charge in [0.05, 0.1) is 55.1 Å². The highest BCUT2D eigenvalue weighted by atomic mass is 35.5. The van der Waals surface area contributed by atoms with Crippen LogP contribution in [0.15, 0.2) is 243 Å². The van der Waals surface area contributed by atoms with Crippen molar-refractivity contribution in [2.45, 2.75) is 245 Å². The van der Waals surface area contributed by atoms with E-state index in [1.807, 2.05) is 239 Å². The number of aryl methyl sites for hydroxylation is 3. The number of carbonyl (C=O) groups excluding carboxylic acids is 8. The van der Waals surface area contributed by atoms with Gasteiger partial charge in [-0.1, -0.05) is 248 Å². The monoisotopic (exact) mass is 2100 g/mol. The van der Waals surface area contributed by atoms with E-state index in [-0.39, 0.29) is 120 Å². The predicted molar refractivity (Wildman–Crippen MR) is 593 cm³/mol. The summed E-state index contributed by atoms with van der Waals surface area (Å²) in [5, 5.41) is 24.4. The lowest BCUT2D eigenvalue weighted by atomic mass is 9.83. The van der Waals surface area contributed by atoms with Crippen LogP contribution in [0.1, 0.15) is 238 Å². The highest BCUT2D eigenvalue weighted by Crippen LogP contribution is 2.49. The fourth-order valence-electron chi connectivity index (χ4n) is 20.3. The highest BCUT2D eigenvalue weighted by molar-refractivity contribution is 6.31. The summed E-state index contributed by atoms with van der Waals surface area (Å²) in [7, 11) is 10.5. The summed E-state index contributed by atoms with van der Waals surface area (Å²) in [6.45, 7) is 25.1. The third-order valence-electron chi connectivity index (χ3n) is 27.3. The van der Waals surface area contributed by atoms with Crippen LogP contribution in [0, 0.1) is 17.8 Å². The van der Waals surface area contributed by atoms with Gasteiger partial charge in [0.1, 0.15) is 35.6 Å². The van der Waals surface area contributed by atoms with Gasteiger partial charge in [0.15, 0.2) is 0 Å². The summed E-state index contributed by atoms with van der Waals surface area (Å²) in [5.74, 6) is -5.67. The first kappa shape index (κ1) is 121. The van der Waals surface area contributed by atoms with Crippen LogP contribution in [0.3, 0.4) is 0 Å². The molecule has 0 unspecified atom stereocenters. The summed E-state index contributed by atoms with van der Waals surface area (Å²) in [6, 6.07) is 78.8. The molecule has 0 heterocycles. The molecule has 5 amide bonds. The topological polar surface area (TPSA) is 295 Å². The molecule has 0 spiro atoms. The van der Waals surface area contributed by atoms with Crippen LogP contribution >= 0.6 is 34.8 Å². The standard InChI is InChI=1S/C39H39ClN2O5.C33H45ClN2O5.C17H22O4.C16H25ClN2O2.C16H14O2.CH4.B/c1-41(38(45)35(22-37(43)44)34-20-17-26-9-3-4-10-29(26)34)23-28(21-25-15-18-27(40)19-16-25)42(2)39(46)47-24-36-32-13-7-5-11-30(32)31-12-6-8-14-33(31)36;1-32(2,3)40-29(37)20-28(27-18-15-23-11-9-10-12-26(23)27)30(38)35(7)21-25(19-22-13-16-24(34)17-14-22)36(8)31(39)41-33(4,5)6;1-17(2,3)21-15(18)10-14(16(19)20)13-9-8-11-6-4-5-7-12(11)13;1-16(2,3)21-15(20)19(5)14(11-18-4)10-12-6-8-13(17)9-7-12;1-11(17)18-10-16-14-8-4-2-6-12(14)13-7-3-5-9-15(13)16;;/h3-16,18-19,28,34-36H,17,20-24H2,1-2H3,(H,43,44);9-14,16-17,25,27-28H,15,18-21H2,1-8H3;4-7,13-14H,8-10H2,1-3H3,(H,19,20);6-9,14,18H,10-11H2,1-5H3;2-9,16H,10H2,1H3;1H4;/t28-,34+,35+;25-,27+,28+;13-,14-;14-;;;/m1101.../s1. The summed E-state index contributed by atoms with van der Waals surface area (Å²) in [6.07, 6.45) is 4.93. The number of nitrogens with zero attached hydrogens (tertiary/aromatic N) is 5. The number of fused-ring (bicyclic) bond motifs is 9. The smallest absolute Gasteiger partial charge is 0.410 e. The van der Waals surface area contributed by atoms with E-state index in [4.69, 9.17) is 63.2 Å². The van der Waals surface area contributed by atoms with Crippen LogP contribution in [0.25, 0.3) is 22.3 Å². The van der Waals surface area contributed by atoms with Crippen molar-refractivity contribution >= 4 is 103 Å². The number of benzene rings is 10. The quantitative estimate of drug-likeness (QED) is 0.0207. The normalized spacial score (nSPS) is 15.5. The maximum atomic E-state index is 14.2. The average molecular weight is 2100 g/mol. The van der Waals surface area contributed by atoms with Gasteiger partial charge in [-0.2, -0.15) is 0 Å². The molecule has 0 saturated carbocycles. The Morgan fingerprint density at radius 1 is 0.360 bits per heavy atom. The molecule has 28 heteroatoms. The van der Waals surface area contributed by atoms with Gasteiger partial charge in [-0.05, 0) is 297 Å². The maximum Gasteiger partial charge on any atom is 0.410 e. The Balaban J connectivity index is 0.000000219. The number of nitrogens with one attached hydrogen (secondary N) is 1. The van der Waals surface area contributed by atoms with Gasteiger partial charge in [-0.3, -0.25) is 33.6 Å². The molecule has 5 aliphatic rings. The average Bonchev–Trinajstić information content (AvgIpc) is 1.61. The van der Waals surface area contributed by atoms with Crippen molar-refractivity contribution in [3.8, 4) is 22.3 Å². The minimum atomic E-state index is -1.00. The first-order valence-electron chi connectivity index (χ1n) is 50.8. The third-order valence-corrected chi connectivity index (χ3v) is 28.1. The molecular weight excluding hydrogens is 1950 g/mol.